The molecule has 0 saturated heterocycles. The summed E-state index contributed by atoms with van der Waals surface area (Å²) in [5.74, 6) is -0.508. The second-order valence-corrected chi connectivity index (χ2v) is 9.15. The van der Waals surface area contributed by atoms with Crippen molar-refractivity contribution in [2.75, 3.05) is 12.5 Å². The van der Waals surface area contributed by atoms with Crippen LogP contribution in [0.15, 0.2) is 52.3 Å². The van der Waals surface area contributed by atoms with Crippen molar-refractivity contribution in [3.8, 4) is 11.5 Å². The van der Waals surface area contributed by atoms with Crippen LogP contribution in [-0.2, 0) is 19.7 Å². The highest BCUT2D eigenvalue weighted by molar-refractivity contribution is 7.91. The smallest absolute Gasteiger partial charge is 0.248 e. The molecule has 9 heteroatoms. The van der Waals surface area contributed by atoms with Gasteiger partial charge in [-0.1, -0.05) is 6.07 Å². The Balaban J connectivity index is 2.55. The Morgan fingerprint density at radius 2 is 1.62 bits per heavy atom. The van der Waals surface area contributed by atoms with Gasteiger partial charge in [0, 0.05) is 18.1 Å². The molecule has 24 heavy (non-hydrogen) atoms. The van der Waals surface area contributed by atoms with Crippen molar-refractivity contribution in [3.63, 3.8) is 0 Å². The average Bonchev–Trinajstić information content (AvgIpc) is 2.45. The first kappa shape index (κ1) is 18.0. The largest absolute Gasteiger partial charge is 0.456 e. The fourth-order valence-corrected chi connectivity index (χ4v) is 3.47. The average molecular weight is 369 g/mol. The van der Waals surface area contributed by atoms with E-state index in [1.807, 2.05) is 0 Å². The molecule has 2 rings (SSSR count). The van der Waals surface area contributed by atoms with Crippen molar-refractivity contribution in [2.24, 2.45) is 5.73 Å². The molecule has 128 valence electrons. The molecule has 0 radical (unpaired) electrons. The molecule has 7 nitrogen and oxygen atoms in total. The number of hydrogen-bond acceptors (Lipinski definition) is 6. The van der Waals surface area contributed by atoms with Crippen molar-refractivity contribution in [1.82, 2.24) is 0 Å². The van der Waals surface area contributed by atoms with Crippen LogP contribution in [0.25, 0.3) is 0 Å². The van der Waals surface area contributed by atoms with Crippen molar-refractivity contribution < 1.29 is 26.4 Å². The van der Waals surface area contributed by atoms with Crippen LogP contribution in [-0.4, -0.2) is 35.3 Å². The van der Waals surface area contributed by atoms with E-state index in [1.165, 1.54) is 36.4 Å². The van der Waals surface area contributed by atoms with Gasteiger partial charge in [0.1, 0.15) is 16.4 Å². The number of primary amides is 1. The summed E-state index contributed by atoms with van der Waals surface area (Å²) in [5.41, 5.74) is 5.38. The Labute approximate surface area is 139 Å². The van der Waals surface area contributed by atoms with Crippen LogP contribution in [0.3, 0.4) is 0 Å². The first-order valence-electron chi connectivity index (χ1n) is 6.60. The second kappa shape index (κ2) is 6.25. The summed E-state index contributed by atoms with van der Waals surface area (Å²) in [7, 11) is -7.32. The highest BCUT2D eigenvalue weighted by Gasteiger charge is 2.19. The number of amides is 1. The van der Waals surface area contributed by atoms with Gasteiger partial charge >= 0.3 is 0 Å². The van der Waals surface area contributed by atoms with Crippen LogP contribution < -0.4 is 10.5 Å². The van der Waals surface area contributed by atoms with Crippen LogP contribution >= 0.6 is 0 Å². The Kier molecular flexibility index (Phi) is 4.68. The SMILES string of the molecule is CS(=O)(=O)c1ccc(Oc2cccc(C(N)=O)c2)c(S(C)(=O)=O)c1. The molecule has 2 aromatic rings. The van der Waals surface area contributed by atoms with Crippen LogP contribution in [0.1, 0.15) is 10.4 Å². The lowest BCUT2D eigenvalue weighted by atomic mass is 10.2. The van der Waals surface area contributed by atoms with E-state index < -0.39 is 25.6 Å². The number of sulfone groups is 2. The topological polar surface area (TPSA) is 121 Å². The molecule has 0 spiro atoms. The van der Waals surface area contributed by atoms with E-state index in [0.29, 0.717) is 0 Å². The molecule has 2 N–H and O–H groups in total. The molecular formula is C15H15NO6S2. The van der Waals surface area contributed by atoms with E-state index >= 15 is 0 Å². The molecular weight excluding hydrogens is 354 g/mol. The number of nitrogens with two attached hydrogens (primary N) is 1. The van der Waals surface area contributed by atoms with Crippen molar-refractivity contribution in [3.05, 3.63) is 48.0 Å². The Bertz CT molecular complexity index is 1010. The van der Waals surface area contributed by atoms with E-state index in [1.54, 1.807) is 0 Å². The van der Waals surface area contributed by atoms with E-state index in [0.717, 1.165) is 18.6 Å². The Hall–Kier alpha value is -2.39. The molecule has 0 aliphatic carbocycles. The molecule has 1 amide bonds. The first-order chi connectivity index (χ1) is 11.0. The molecule has 0 saturated carbocycles. The molecule has 0 heterocycles. The predicted octanol–water partition coefficient (Wildman–Crippen LogP) is 1.38. The van der Waals surface area contributed by atoms with Crippen molar-refractivity contribution in [2.45, 2.75) is 9.79 Å². The van der Waals surface area contributed by atoms with E-state index in [-0.39, 0.29) is 26.9 Å². The highest BCUT2D eigenvalue weighted by atomic mass is 32.2. The van der Waals surface area contributed by atoms with Gasteiger partial charge in [0.25, 0.3) is 0 Å². The summed E-state index contributed by atoms with van der Waals surface area (Å²) in [6.07, 6.45) is 1.92. The molecule has 2 aromatic carbocycles. The van der Waals surface area contributed by atoms with E-state index in [2.05, 4.69) is 0 Å². The maximum atomic E-state index is 11.9. The summed E-state index contributed by atoms with van der Waals surface area (Å²) < 4.78 is 52.6. The quantitative estimate of drug-likeness (QED) is 0.850. The van der Waals surface area contributed by atoms with Crippen molar-refractivity contribution in [1.29, 1.82) is 0 Å². The van der Waals surface area contributed by atoms with Gasteiger partial charge in [-0.15, -0.1) is 0 Å². The molecule has 0 unspecified atom stereocenters. The fraction of sp³-hybridized carbons (Fsp3) is 0.133. The number of carbonyl (C=O) groups excluding carboxylic acids is 1. The molecule has 0 aliphatic heterocycles. The fourth-order valence-electron chi connectivity index (χ4n) is 1.93. The van der Waals surface area contributed by atoms with Gasteiger partial charge in [0.15, 0.2) is 19.7 Å². The van der Waals surface area contributed by atoms with Crippen LogP contribution in [0.4, 0.5) is 0 Å². The minimum Gasteiger partial charge on any atom is -0.456 e. The van der Waals surface area contributed by atoms with Gasteiger partial charge in [-0.25, -0.2) is 16.8 Å². The summed E-state index contributed by atoms with van der Waals surface area (Å²) in [6.45, 7) is 0. The van der Waals surface area contributed by atoms with Gasteiger partial charge in [-0.05, 0) is 36.4 Å². The van der Waals surface area contributed by atoms with E-state index in [9.17, 15) is 21.6 Å². The third-order valence-corrected chi connectivity index (χ3v) is 5.32. The number of hydrogen-bond donors (Lipinski definition) is 1. The standard InChI is InChI=1S/C15H15NO6S2/c1-23(18,19)12-6-7-13(14(9-12)24(2,20)21)22-11-5-3-4-10(8-11)15(16)17/h3-9H,1-2H3,(H2,16,17). The molecule has 0 aliphatic rings. The van der Waals surface area contributed by atoms with Crippen LogP contribution in [0.5, 0.6) is 11.5 Å². The lowest BCUT2D eigenvalue weighted by molar-refractivity contribution is 0.1000. The minimum absolute atomic E-state index is 0.0495. The first-order valence-corrected chi connectivity index (χ1v) is 10.4. The number of carbonyl (C=O) groups is 1. The van der Waals surface area contributed by atoms with Gasteiger partial charge in [0.2, 0.25) is 5.91 Å². The minimum atomic E-state index is -3.74. The number of rotatable bonds is 5. The lowest BCUT2D eigenvalue weighted by Crippen LogP contribution is -2.10. The summed E-state index contributed by atoms with van der Waals surface area (Å²) in [5, 5.41) is 0. The monoisotopic (exact) mass is 369 g/mol. The molecule has 0 aromatic heterocycles. The normalized spacial score (nSPS) is 11.9. The van der Waals surface area contributed by atoms with Crippen molar-refractivity contribution >= 4 is 25.6 Å². The van der Waals surface area contributed by atoms with Gasteiger partial charge in [0.05, 0.1) is 4.90 Å². The van der Waals surface area contributed by atoms with Crippen LogP contribution in [0, 0.1) is 0 Å². The summed E-state index contributed by atoms with van der Waals surface area (Å²) in [6, 6.07) is 9.43. The van der Waals surface area contributed by atoms with Gasteiger partial charge < -0.3 is 10.5 Å². The molecule has 0 atom stereocenters. The Morgan fingerprint density at radius 3 is 2.17 bits per heavy atom. The third kappa shape index (κ3) is 4.12. The molecule has 0 fully saturated rings. The number of benzene rings is 2. The van der Waals surface area contributed by atoms with E-state index in [4.69, 9.17) is 10.5 Å². The van der Waals surface area contributed by atoms with Gasteiger partial charge in [-0.3, -0.25) is 4.79 Å². The third-order valence-electron chi connectivity index (χ3n) is 3.09. The van der Waals surface area contributed by atoms with Gasteiger partial charge in [-0.2, -0.15) is 0 Å². The summed E-state index contributed by atoms with van der Waals surface area (Å²) >= 11 is 0. The zero-order valence-electron chi connectivity index (χ0n) is 12.9. The molecule has 0 bridgehead atoms. The van der Waals surface area contributed by atoms with Crippen LogP contribution in [0.2, 0.25) is 0 Å². The maximum Gasteiger partial charge on any atom is 0.248 e. The zero-order valence-corrected chi connectivity index (χ0v) is 14.5. The number of ether oxygens (including phenoxy) is 1. The maximum absolute atomic E-state index is 11.9. The second-order valence-electron chi connectivity index (χ2n) is 5.15. The lowest BCUT2D eigenvalue weighted by Gasteiger charge is -2.12. The predicted molar refractivity (Wildman–Crippen MR) is 87.7 cm³/mol. The highest BCUT2D eigenvalue weighted by Crippen LogP contribution is 2.31. The summed E-state index contributed by atoms with van der Waals surface area (Å²) in [4.78, 5) is 10.8. The zero-order chi connectivity index (χ0) is 18.1. The Morgan fingerprint density at radius 1 is 0.958 bits per heavy atom.